The van der Waals surface area contributed by atoms with Gasteiger partial charge in [0.25, 0.3) is 10.0 Å². The third-order valence-electron chi connectivity index (χ3n) is 2.10. The summed E-state index contributed by atoms with van der Waals surface area (Å²) in [5.74, 6) is -4.30. The van der Waals surface area contributed by atoms with Crippen LogP contribution in [0.15, 0.2) is 0 Å². The number of ether oxygens (including phenoxy) is 1. The molecule has 1 aliphatic rings. The van der Waals surface area contributed by atoms with Crippen molar-refractivity contribution >= 4 is 16.0 Å². The van der Waals surface area contributed by atoms with E-state index in [2.05, 4.69) is 4.74 Å². The van der Waals surface area contributed by atoms with Gasteiger partial charge >= 0.3 is 11.7 Å². The van der Waals surface area contributed by atoms with Crippen molar-refractivity contribution in [2.45, 2.75) is 31.6 Å². The van der Waals surface area contributed by atoms with E-state index < -0.39 is 34.3 Å². The van der Waals surface area contributed by atoms with Gasteiger partial charge < -0.3 is 4.74 Å². The summed E-state index contributed by atoms with van der Waals surface area (Å²) in [5.41, 5.74) is 0. The van der Waals surface area contributed by atoms with E-state index in [0.29, 0.717) is 17.1 Å². The van der Waals surface area contributed by atoms with E-state index in [1.807, 2.05) is 0 Å². The Morgan fingerprint density at radius 2 is 2.06 bits per heavy atom. The molecule has 0 aromatic rings. The Morgan fingerprint density at radius 1 is 1.50 bits per heavy atom. The number of hydrogen-bond acceptors (Lipinski definition) is 4. The molecule has 0 radical (unpaired) electrons. The second-order valence-corrected chi connectivity index (χ2v) is 5.24. The molecule has 8 heteroatoms. The lowest BCUT2D eigenvalue weighted by atomic mass is 10.6. The minimum Gasteiger partial charge on any atom is -0.465 e. The van der Waals surface area contributed by atoms with E-state index in [0.717, 1.165) is 0 Å². The number of carbonyl (C=O) groups is 1. The van der Waals surface area contributed by atoms with Crippen molar-refractivity contribution in [3.05, 3.63) is 0 Å². The van der Waals surface area contributed by atoms with E-state index in [4.69, 9.17) is 0 Å². The van der Waals surface area contributed by atoms with Gasteiger partial charge in [-0.3, -0.25) is 4.79 Å². The highest BCUT2D eigenvalue weighted by molar-refractivity contribution is 7.89. The predicted molar refractivity (Wildman–Crippen MR) is 51.3 cm³/mol. The second-order valence-electron chi connectivity index (χ2n) is 3.39. The largest absolute Gasteiger partial charge is 0.465 e. The number of hydrogen-bond donors (Lipinski definition) is 0. The van der Waals surface area contributed by atoms with Gasteiger partial charge in [0.1, 0.15) is 6.54 Å². The van der Waals surface area contributed by atoms with E-state index in [9.17, 15) is 22.0 Å². The fourth-order valence-corrected chi connectivity index (χ4v) is 2.34. The van der Waals surface area contributed by atoms with Crippen molar-refractivity contribution < 1.29 is 26.7 Å². The van der Waals surface area contributed by atoms with Crippen molar-refractivity contribution in [3.8, 4) is 0 Å². The quantitative estimate of drug-likeness (QED) is 0.652. The summed E-state index contributed by atoms with van der Waals surface area (Å²) in [6.07, 6.45) is 1.01. The Balaban J connectivity index is 2.72. The van der Waals surface area contributed by atoms with Gasteiger partial charge in [0.2, 0.25) is 0 Å². The van der Waals surface area contributed by atoms with Crippen LogP contribution in [0.3, 0.4) is 0 Å². The van der Waals surface area contributed by atoms with E-state index in [1.165, 1.54) is 0 Å². The fraction of sp³-hybridized carbons (Fsp3) is 0.875. The van der Waals surface area contributed by atoms with Crippen LogP contribution in [0.25, 0.3) is 0 Å². The van der Waals surface area contributed by atoms with Crippen LogP contribution in [-0.2, 0) is 19.6 Å². The van der Waals surface area contributed by atoms with E-state index in [1.54, 1.807) is 6.92 Å². The zero-order valence-corrected chi connectivity index (χ0v) is 9.54. The Bertz CT molecular complexity index is 353. The number of sulfonamides is 1. The highest BCUT2D eigenvalue weighted by Gasteiger charge is 2.43. The maximum atomic E-state index is 12.3. The van der Waals surface area contributed by atoms with Crippen LogP contribution in [0.5, 0.6) is 0 Å². The summed E-state index contributed by atoms with van der Waals surface area (Å²) in [4.78, 5) is 11.1. The molecular formula is C8H13F2NO4S. The van der Waals surface area contributed by atoms with Gasteiger partial charge in [-0.25, -0.2) is 8.42 Å². The maximum Gasteiger partial charge on any atom is 0.350 e. The van der Waals surface area contributed by atoms with Crippen molar-refractivity contribution in [2.75, 3.05) is 13.2 Å². The molecule has 1 fully saturated rings. The Hall–Kier alpha value is -0.760. The van der Waals surface area contributed by atoms with Crippen LogP contribution in [-0.4, -0.2) is 43.6 Å². The lowest BCUT2D eigenvalue weighted by Gasteiger charge is -2.19. The van der Waals surface area contributed by atoms with Crippen LogP contribution in [0.1, 0.15) is 19.8 Å². The third kappa shape index (κ3) is 3.11. The summed E-state index contributed by atoms with van der Waals surface area (Å²) in [6, 6.07) is -0.483. The van der Waals surface area contributed by atoms with E-state index >= 15 is 0 Å². The van der Waals surface area contributed by atoms with Crippen molar-refractivity contribution in [3.63, 3.8) is 0 Å². The molecule has 0 spiro atoms. The third-order valence-corrected chi connectivity index (χ3v) is 3.63. The molecule has 94 valence electrons. The molecule has 0 aromatic heterocycles. The summed E-state index contributed by atoms with van der Waals surface area (Å²) < 4.78 is 52.1. The highest BCUT2D eigenvalue weighted by atomic mass is 32.2. The summed E-state index contributed by atoms with van der Waals surface area (Å²) in [7, 11) is -4.69. The van der Waals surface area contributed by atoms with Crippen LogP contribution < -0.4 is 0 Å². The molecule has 5 nitrogen and oxygen atoms in total. The van der Waals surface area contributed by atoms with Crippen molar-refractivity contribution in [1.82, 2.24) is 4.31 Å². The first-order valence-electron chi connectivity index (χ1n) is 4.84. The van der Waals surface area contributed by atoms with Gasteiger partial charge in [0, 0.05) is 6.04 Å². The molecular weight excluding hydrogens is 244 g/mol. The lowest BCUT2D eigenvalue weighted by molar-refractivity contribution is -0.143. The van der Waals surface area contributed by atoms with E-state index in [-0.39, 0.29) is 6.61 Å². The molecule has 0 aromatic carbocycles. The molecule has 1 rings (SSSR count). The Labute approximate surface area is 92.4 Å². The normalized spacial score (nSPS) is 16.8. The first-order valence-corrected chi connectivity index (χ1v) is 6.34. The minimum absolute atomic E-state index is 0.0894. The maximum absolute atomic E-state index is 12.3. The van der Waals surface area contributed by atoms with Gasteiger partial charge in [-0.2, -0.15) is 13.1 Å². The number of esters is 1. The smallest absolute Gasteiger partial charge is 0.350 e. The fourth-order valence-electron chi connectivity index (χ4n) is 1.23. The SMILES string of the molecule is CCOC(=O)CN(C1CC1)S(=O)(=O)C(F)F. The first kappa shape index (κ1) is 13.3. The average Bonchev–Trinajstić information content (AvgIpc) is 2.97. The summed E-state index contributed by atoms with van der Waals surface area (Å²) >= 11 is 0. The lowest BCUT2D eigenvalue weighted by Crippen LogP contribution is -2.41. The number of carbonyl (C=O) groups excluding carboxylic acids is 1. The molecule has 0 bridgehead atoms. The number of alkyl halides is 2. The topological polar surface area (TPSA) is 63.7 Å². The summed E-state index contributed by atoms with van der Waals surface area (Å²) in [6.45, 7) is 1.01. The van der Waals surface area contributed by atoms with Gasteiger partial charge in [0.15, 0.2) is 0 Å². The molecule has 16 heavy (non-hydrogen) atoms. The molecule has 0 saturated heterocycles. The predicted octanol–water partition coefficient (Wildman–Crippen LogP) is 0.566. The zero-order valence-electron chi connectivity index (χ0n) is 8.73. The molecule has 0 N–H and O–H groups in total. The van der Waals surface area contributed by atoms with Crippen LogP contribution in [0.4, 0.5) is 8.78 Å². The molecule has 0 heterocycles. The van der Waals surface area contributed by atoms with Gasteiger partial charge in [-0.1, -0.05) is 0 Å². The van der Waals surface area contributed by atoms with Gasteiger partial charge in [0.05, 0.1) is 6.61 Å². The molecule has 0 unspecified atom stereocenters. The van der Waals surface area contributed by atoms with Crippen molar-refractivity contribution in [1.29, 1.82) is 0 Å². The summed E-state index contributed by atoms with van der Waals surface area (Å²) in [5, 5.41) is 0. The number of nitrogens with zero attached hydrogens (tertiary/aromatic N) is 1. The Kier molecular flexibility index (Phi) is 4.20. The molecule has 0 aliphatic heterocycles. The Morgan fingerprint density at radius 3 is 2.44 bits per heavy atom. The van der Waals surface area contributed by atoms with Crippen molar-refractivity contribution in [2.24, 2.45) is 0 Å². The van der Waals surface area contributed by atoms with Gasteiger partial charge in [-0.05, 0) is 19.8 Å². The second kappa shape index (κ2) is 5.05. The highest BCUT2D eigenvalue weighted by Crippen LogP contribution is 2.31. The standard InChI is InChI=1S/C8H13F2NO4S/c1-2-15-7(12)5-11(6-3-4-6)16(13,14)8(9)10/h6,8H,2-5H2,1H3. The van der Waals surface area contributed by atoms with Crippen LogP contribution in [0.2, 0.25) is 0 Å². The zero-order chi connectivity index (χ0) is 12.3. The minimum atomic E-state index is -4.69. The monoisotopic (exact) mass is 257 g/mol. The molecule has 0 atom stereocenters. The van der Waals surface area contributed by atoms with Gasteiger partial charge in [-0.15, -0.1) is 0 Å². The molecule has 0 amide bonds. The van der Waals surface area contributed by atoms with Crippen LogP contribution >= 0.6 is 0 Å². The average molecular weight is 257 g/mol. The first-order chi connectivity index (χ1) is 7.39. The van der Waals surface area contributed by atoms with Crippen LogP contribution in [0, 0.1) is 0 Å². The number of halogens is 2. The molecule has 1 aliphatic carbocycles. The molecule has 1 saturated carbocycles. The number of rotatable bonds is 6.